The SMILES string of the molecule is CC(C)CN1CC(c2ncc(-c3ccc4ccccc4c3)[nH]2)CC1=O. The van der Waals surface area contributed by atoms with Gasteiger partial charge >= 0.3 is 0 Å². The minimum absolute atomic E-state index is 0.167. The quantitative estimate of drug-likeness (QED) is 0.778. The predicted molar refractivity (Wildman–Crippen MR) is 100 cm³/mol. The van der Waals surface area contributed by atoms with E-state index in [0.717, 1.165) is 30.2 Å². The van der Waals surface area contributed by atoms with Crippen molar-refractivity contribution in [1.82, 2.24) is 14.9 Å². The van der Waals surface area contributed by atoms with E-state index >= 15 is 0 Å². The summed E-state index contributed by atoms with van der Waals surface area (Å²) < 4.78 is 0. The van der Waals surface area contributed by atoms with Crippen molar-refractivity contribution in [2.75, 3.05) is 13.1 Å². The van der Waals surface area contributed by atoms with Crippen molar-refractivity contribution < 1.29 is 4.79 Å². The molecule has 4 nitrogen and oxygen atoms in total. The Kier molecular flexibility index (Phi) is 4.04. The molecule has 0 spiro atoms. The summed E-state index contributed by atoms with van der Waals surface area (Å²) in [6.07, 6.45) is 2.44. The molecule has 1 aliphatic heterocycles. The fraction of sp³-hybridized carbons (Fsp3) is 0.333. The van der Waals surface area contributed by atoms with Crippen LogP contribution in [0.3, 0.4) is 0 Å². The maximum absolute atomic E-state index is 12.2. The van der Waals surface area contributed by atoms with Crippen molar-refractivity contribution in [2.45, 2.75) is 26.2 Å². The monoisotopic (exact) mass is 333 g/mol. The number of rotatable bonds is 4. The number of aromatic amines is 1. The Bertz CT molecular complexity index is 912. The molecular formula is C21H23N3O. The van der Waals surface area contributed by atoms with Gasteiger partial charge in [-0.15, -0.1) is 0 Å². The third-order valence-corrected chi connectivity index (χ3v) is 4.84. The maximum atomic E-state index is 12.2. The summed E-state index contributed by atoms with van der Waals surface area (Å²) in [5.74, 6) is 1.82. The molecule has 0 radical (unpaired) electrons. The van der Waals surface area contributed by atoms with E-state index in [-0.39, 0.29) is 11.8 Å². The standard InChI is InChI=1S/C21H23N3O/c1-14(2)12-24-13-18(10-20(24)25)21-22-11-19(23-21)17-8-7-15-5-3-4-6-16(15)9-17/h3-9,11,14,18H,10,12-13H2,1-2H3,(H,22,23). The number of aromatic nitrogens is 2. The van der Waals surface area contributed by atoms with Gasteiger partial charge < -0.3 is 9.88 Å². The number of carbonyl (C=O) groups excluding carboxylic acids is 1. The zero-order valence-corrected chi connectivity index (χ0v) is 14.7. The Morgan fingerprint density at radius 3 is 2.80 bits per heavy atom. The van der Waals surface area contributed by atoms with Crippen molar-refractivity contribution in [3.63, 3.8) is 0 Å². The summed E-state index contributed by atoms with van der Waals surface area (Å²) in [6, 6.07) is 14.8. The third kappa shape index (κ3) is 3.16. The van der Waals surface area contributed by atoms with Crippen LogP contribution in [0, 0.1) is 5.92 Å². The smallest absolute Gasteiger partial charge is 0.223 e. The Balaban J connectivity index is 1.56. The van der Waals surface area contributed by atoms with Crippen LogP contribution in [-0.2, 0) is 4.79 Å². The van der Waals surface area contributed by atoms with Crippen LogP contribution < -0.4 is 0 Å². The molecule has 1 fully saturated rings. The Hall–Kier alpha value is -2.62. The normalized spacial score (nSPS) is 17.8. The molecule has 1 saturated heterocycles. The number of nitrogens with one attached hydrogen (secondary N) is 1. The van der Waals surface area contributed by atoms with Crippen LogP contribution in [-0.4, -0.2) is 33.9 Å². The molecule has 1 amide bonds. The van der Waals surface area contributed by atoms with Gasteiger partial charge in [-0.25, -0.2) is 4.98 Å². The lowest BCUT2D eigenvalue weighted by Gasteiger charge is -2.18. The van der Waals surface area contributed by atoms with Crippen molar-refractivity contribution >= 4 is 16.7 Å². The second-order valence-electron chi connectivity index (χ2n) is 7.34. The summed E-state index contributed by atoms with van der Waals surface area (Å²) in [5, 5.41) is 2.45. The number of benzene rings is 2. The zero-order valence-electron chi connectivity index (χ0n) is 14.7. The second kappa shape index (κ2) is 6.36. The van der Waals surface area contributed by atoms with Crippen LogP contribution in [0.5, 0.6) is 0 Å². The zero-order chi connectivity index (χ0) is 17.4. The van der Waals surface area contributed by atoms with Crippen molar-refractivity contribution in [1.29, 1.82) is 0 Å². The van der Waals surface area contributed by atoms with Gasteiger partial charge in [-0.2, -0.15) is 0 Å². The lowest BCUT2D eigenvalue weighted by Crippen LogP contribution is -2.29. The number of carbonyl (C=O) groups is 1. The molecule has 2 heterocycles. The van der Waals surface area contributed by atoms with E-state index in [0.29, 0.717) is 12.3 Å². The van der Waals surface area contributed by atoms with Gasteiger partial charge in [0, 0.05) is 31.0 Å². The maximum Gasteiger partial charge on any atom is 0.223 e. The first kappa shape index (κ1) is 15.9. The molecule has 0 aliphatic carbocycles. The molecule has 0 saturated carbocycles. The summed E-state index contributed by atoms with van der Waals surface area (Å²) in [6.45, 7) is 5.88. The van der Waals surface area contributed by atoms with E-state index in [1.165, 1.54) is 10.8 Å². The Morgan fingerprint density at radius 1 is 1.20 bits per heavy atom. The fourth-order valence-electron chi connectivity index (χ4n) is 3.62. The second-order valence-corrected chi connectivity index (χ2v) is 7.34. The molecule has 1 aliphatic rings. The van der Waals surface area contributed by atoms with E-state index in [9.17, 15) is 4.79 Å². The molecule has 1 unspecified atom stereocenters. The van der Waals surface area contributed by atoms with Crippen LogP contribution in [0.25, 0.3) is 22.0 Å². The highest BCUT2D eigenvalue weighted by Gasteiger charge is 2.32. The van der Waals surface area contributed by atoms with Gasteiger partial charge in [0.1, 0.15) is 5.82 Å². The van der Waals surface area contributed by atoms with Crippen LogP contribution in [0.15, 0.2) is 48.7 Å². The van der Waals surface area contributed by atoms with Gasteiger partial charge in [0.2, 0.25) is 5.91 Å². The number of hydrogen-bond acceptors (Lipinski definition) is 2. The van der Waals surface area contributed by atoms with Gasteiger partial charge in [0.25, 0.3) is 0 Å². The largest absolute Gasteiger partial charge is 0.342 e. The topological polar surface area (TPSA) is 49.0 Å². The lowest BCUT2D eigenvalue weighted by atomic mass is 10.1. The number of amides is 1. The van der Waals surface area contributed by atoms with Gasteiger partial charge in [-0.05, 0) is 22.8 Å². The molecule has 1 aromatic heterocycles. The first-order chi connectivity index (χ1) is 12.1. The van der Waals surface area contributed by atoms with Crippen LogP contribution in [0.4, 0.5) is 0 Å². The molecular weight excluding hydrogens is 310 g/mol. The minimum Gasteiger partial charge on any atom is -0.342 e. The van der Waals surface area contributed by atoms with Gasteiger partial charge in [0.05, 0.1) is 11.9 Å². The van der Waals surface area contributed by atoms with Crippen LogP contribution in [0.1, 0.15) is 32.0 Å². The van der Waals surface area contributed by atoms with Crippen molar-refractivity contribution in [2.24, 2.45) is 5.92 Å². The average molecular weight is 333 g/mol. The number of nitrogens with zero attached hydrogens (tertiary/aromatic N) is 2. The third-order valence-electron chi connectivity index (χ3n) is 4.84. The number of likely N-dealkylation sites (tertiary alicyclic amines) is 1. The number of imidazole rings is 1. The van der Waals surface area contributed by atoms with Crippen LogP contribution in [0.2, 0.25) is 0 Å². The lowest BCUT2D eigenvalue weighted by molar-refractivity contribution is -0.128. The van der Waals surface area contributed by atoms with Gasteiger partial charge in [-0.3, -0.25) is 4.79 Å². The number of fused-ring (bicyclic) bond motifs is 1. The first-order valence-electron chi connectivity index (χ1n) is 8.92. The molecule has 1 atom stereocenters. The summed E-state index contributed by atoms with van der Waals surface area (Å²) in [4.78, 5) is 22.2. The molecule has 4 rings (SSSR count). The fourth-order valence-corrected chi connectivity index (χ4v) is 3.62. The number of H-pyrrole nitrogens is 1. The van der Waals surface area contributed by atoms with E-state index in [1.807, 2.05) is 11.1 Å². The van der Waals surface area contributed by atoms with Crippen LogP contribution >= 0.6 is 0 Å². The molecule has 128 valence electrons. The number of hydrogen-bond donors (Lipinski definition) is 1. The molecule has 4 heteroatoms. The highest BCUT2D eigenvalue weighted by Crippen LogP contribution is 2.29. The van der Waals surface area contributed by atoms with Gasteiger partial charge in [0.15, 0.2) is 0 Å². The van der Waals surface area contributed by atoms with E-state index in [2.05, 4.69) is 66.3 Å². The highest BCUT2D eigenvalue weighted by molar-refractivity contribution is 5.86. The van der Waals surface area contributed by atoms with Crippen molar-refractivity contribution in [3.8, 4) is 11.3 Å². The Labute approximate surface area is 147 Å². The van der Waals surface area contributed by atoms with Crippen molar-refractivity contribution in [3.05, 3.63) is 54.5 Å². The summed E-state index contributed by atoms with van der Waals surface area (Å²) in [7, 11) is 0. The molecule has 2 aromatic carbocycles. The van der Waals surface area contributed by atoms with E-state index < -0.39 is 0 Å². The van der Waals surface area contributed by atoms with Gasteiger partial charge in [-0.1, -0.05) is 50.2 Å². The predicted octanol–water partition coefficient (Wildman–Crippen LogP) is 4.20. The van der Waals surface area contributed by atoms with E-state index in [1.54, 1.807) is 0 Å². The Morgan fingerprint density at radius 2 is 2.00 bits per heavy atom. The molecule has 1 N–H and O–H groups in total. The minimum atomic E-state index is 0.167. The molecule has 25 heavy (non-hydrogen) atoms. The molecule has 0 bridgehead atoms. The van der Waals surface area contributed by atoms with E-state index in [4.69, 9.17) is 0 Å². The average Bonchev–Trinajstić information content (AvgIpc) is 3.22. The summed E-state index contributed by atoms with van der Waals surface area (Å²) in [5.41, 5.74) is 2.14. The first-order valence-corrected chi connectivity index (χ1v) is 8.92. The summed E-state index contributed by atoms with van der Waals surface area (Å²) >= 11 is 0. The highest BCUT2D eigenvalue weighted by atomic mass is 16.2. The molecule has 3 aromatic rings.